The molecule has 3 heterocycles. The summed E-state index contributed by atoms with van der Waals surface area (Å²) in [7, 11) is 0. The molecule has 2 aromatic rings. The third-order valence-electron chi connectivity index (χ3n) is 4.30. The maximum atomic E-state index is 8.87. The van der Waals surface area contributed by atoms with Gasteiger partial charge in [-0.3, -0.25) is 9.58 Å². The van der Waals surface area contributed by atoms with Gasteiger partial charge in [0.15, 0.2) is 0 Å². The van der Waals surface area contributed by atoms with Crippen molar-refractivity contribution in [3.63, 3.8) is 0 Å². The zero-order chi connectivity index (χ0) is 14.2. The van der Waals surface area contributed by atoms with E-state index in [0.29, 0.717) is 17.6 Å². The molecular weight excluding hydrogens is 266 g/mol. The molecular formula is C14H17N7. The number of nitriles is 1. The van der Waals surface area contributed by atoms with Crippen LogP contribution < -0.4 is 0 Å². The number of likely N-dealkylation sites (tertiary alicyclic amines) is 1. The lowest BCUT2D eigenvalue weighted by molar-refractivity contribution is 0.298. The van der Waals surface area contributed by atoms with Gasteiger partial charge in [0.05, 0.1) is 24.3 Å². The first-order valence-electron chi connectivity index (χ1n) is 7.38. The Hall–Kier alpha value is -2.20. The molecule has 0 N–H and O–H groups in total. The highest BCUT2D eigenvalue weighted by molar-refractivity contribution is 5.22. The first kappa shape index (κ1) is 12.5. The zero-order valence-electron chi connectivity index (χ0n) is 11.8. The third kappa shape index (κ3) is 2.43. The van der Waals surface area contributed by atoms with Crippen molar-refractivity contribution in [3.05, 3.63) is 30.1 Å². The van der Waals surface area contributed by atoms with Crippen molar-refractivity contribution < 1.29 is 0 Å². The van der Waals surface area contributed by atoms with Gasteiger partial charge in [0.2, 0.25) is 0 Å². The van der Waals surface area contributed by atoms with Crippen LogP contribution in [0.25, 0.3) is 0 Å². The molecule has 2 aromatic heterocycles. The normalized spacial score (nSPS) is 22.5. The molecule has 4 rings (SSSR count). The van der Waals surface area contributed by atoms with E-state index in [4.69, 9.17) is 5.26 Å². The average Bonchev–Trinajstić information content (AvgIpc) is 2.96. The van der Waals surface area contributed by atoms with E-state index in [1.165, 1.54) is 12.8 Å². The van der Waals surface area contributed by atoms with Crippen LogP contribution in [0.4, 0.5) is 0 Å². The topological polar surface area (TPSA) is 75.6 Å². The van der Waals surface area contributed by atoms with Crippen molar-refractivity contribution in [3.8, 4) is 6.07 Å². The van der Waals surface area contributed by atoms with E-state index in [0.717, 1.165) is 31.9 Å². The lowest BCUT2D eigenvalue weighted by atomic mass is 10.3. The Bertz CT molecular complexity index is 676. The molecule has 1 unspecified atom stereocenters. The van der Waals surface area contributed by atoms with Crippen LogP contribution in [0.1, 0.15) is 42.7 Å². The van der Waals surface area contributed by atoms with Crippen LogP contribution in [0.15, 0.2) is 18.7 Å². The highest BCUT2D eigenvalue weighted by Gasteiger charge is 2.29. The van der Waals surface area contributed by atoms with Crippen LogP contribution in [0.2, 0.25) is 0 Å². The molecule has 0 radical (unpaired) electrons. The highest BCUT2D eigenvalue weighted by Crippen LogP contribution is 2.35. The van der Waals surface area contributed by atoms with Crippen LogP contribution >= 0.6 is 0 Å². The molecule has 0 bridgehead atoms. The van der Waals surface area contributed by atoms with Gasteiger partial charge < -0.3 is 4.57 Å². The van der Waals surface area contributed by atoms with E-state index in [1.807, 2.05) is 17.2 Å². The van der Waals surface area contributed by atoms with Crippen molar-refractivity contribution in [1.82, 2.24) is 29.4 Å². The van der Waals surface area contributed by atoms with Crippen molar-refractivity contribution in [1.29, 1.82) is 5.26 Å². The van der Waals surface area contributed by atoms with Gasteiger partial charge in [-0.25, -0.2) is 0 Å². The molecule has 7 nitrogen and oxygen atoms in total. The molecule has 7 heteroatoms. The number of aromatic nitrogens is 5. The molecule has 0 amide bonds. The van der Waals surface area contributed by atoms with Crippen molar-refractivity contribution >= 4 is 0 Å². The van der Waals surface area contributed by atoms with Crippen LogP contribution in [-0.4, -0.2) is 42.5 Å². The monoisotopic (exact) mass is 283 g/mol. The second-order valence-corrected chi connectivity index (χ2v) is 5.88. The predicted molar refractivity (Wildman–Crippen MR) is 74.2 cm³/mol. The van der Waals surface area contributed by atoms with Gasteiger partial charge in [-0.05, 0) is 19.3 Å². The molecule has 2 aliphatic rings. The fraction of sp³-hybridized carbons (Fsp3) is 0.571. The van der Waals surface area contributed by atoms with E-state index < -0.39 is 0 Å². The maximum absolute atomic E-state index is 8.87. The second kappa shape index (κ2) is 4.97. The van der Waals surface area contributed by atoms with Gasteiger partial charge >= 0.3 is 0 Å². The van der Waals surface area contributed by atoms with E-state index in [-0.39, 0.29) is 0 Å². The first-order valence-corrected chi connectivity index (χ1v) is 7.38. The van der Waals surface area contributed by atoms with Gasteiger partial charge in [-0.2, -0.15) is 10.4 Å². The standard InChI is InChI=1S/C14H17N7/c15-5-11-6-17-21(7-11)13-3-4-19(8-13)9-14-18-16-10-20(14)12-1-2-12/h6-7,10,12-13H,1-4,8-9H2. The average molecular weight is 283 g/mol. The summed E-state index contributed by atoms with van der Waals surface area (Å²) in [5, 5.41) is 21.5. The molecule has 1 aliphatic heterocycles. The van der Waals surface area contributed by atoms with E-state index in [1.54, 1.807) is 6.20 Å². The summed E-state index contributed by atoms with van der Waals surface area (Å²) >= 11 is 0. The Kier molecular flexibility index (Phi) is 2.97. The lowest BCUT2D eigenvalue weighted by Gasteiger charge is -2.16. The summed E-state index contributed by atoms with van der Waals surface area (Å²) in [5.41, 5.74) is 0.627. The molecule has 1 saturated heterocycles. The minimum atomic E-state index is 0.351. The molecule has 0 aromatic carbocycles. The van der Waals surface area contributed by atoms with E-state index in [2.05, 4.69) is 30.8 Å². The minimum absolute atomic E-state index is 0.351. The summed E-state index contributed by atoms with van der Waals surface area (Å²) in [6, 6.07) is 3.10. The Labute approximate surface area is 122 Å². The largest absolute Gasteiger partial charge is 0.313 e. The van der Waals surface area contributed by atoms with Crippen molar-refractivity contribution in [2.75, 3.05) is 13.1 Å². The predicted octanol–water partition coefficient (Wildman–Crippen LogP) is 1.13. The lowest BCUT2D eigenvalue weighted by Crippen LogP contribution is -2.23. The Balaban J connectivity index is 1.42. The van der Waals surface area contributed by atoms with Gasteiger partial charge in [-0.15, -0.1) is 10.2 Å². The number of rotatable bonds is 4. The first-order chi connectivity index (χ1) is 10.3. The summed E-state index contributed by atoms with van der Waals surface area (Å²) < 4.78 is 4.14. The van der Waals surface area contributed by atoms with Gasteiger partial charge in [0.25, 0.3) is 0 Å². The maximum Gasteiger partial charge on any atom is 0.147 e. The quantitative estimate of drug-likeness (QED) is 0.840. The Morgan fingerprint density at radius 2 is 2.19 bits per heavy atom. The molecule has 1 saturated carbocycles. The summed E-state index contributed by atoms with van der Waals surface area (Å²) in [6.45, 7) is 2.83. The van der Waals surface area contributed by atoms with Crippen LogP contribution in [0.5, 0.6) is 0 Å². The number of hydrogen-bond donors (Lipinski definition) is 0. The fourth-order valence-electron chi connectivity index (χ4n) is 3.00. The zero-order valence-corrected chi connectivity index (χ0v) is 11.8. The third-order valence-corrected chi connectivity index (χ3v) is 4.30. The molecule has 108 valence electrons. The Morgan fingerprint density at radius 1 is 1.29 bits per heavy atom. The fourth-order valence-corrected chi connectivity index (χ4v) is 3.00. The van der Waals surface area contributed by atoms with Gasteiger partial charge in [-0.1, -0.05) is 0 Å². The molecule has 0 spiro atoms. The summed E-state index contributed by atoms with van der Waals surface area (Å²) in [4.78, 5) is 2.39. The van der Waals surface area contributed by atoms with Crippen LogP contribution in [0, 0.1) is 11.3 Å². The summed E-state index contributed by atoms with van der Waals surface area (Å²) in [6.07, 6.45) is 8.88. The molecule has 2 fully saturated rings. The number of nitrogens with zero attached hydrogens (tertiary/aromatic N) is 7. The molecule has 1 aliphatic carbocycles. The number of hydrogen-bond acceptors (Lipinski definition) is 5. The van der Waals surface area contributed by atoms with Crippen LogP contribution in [-0.2, 0) is 6.54 Å². The smallest absolute Gasteiger partial charge is 0.147 e. The summed E-state index contributed by atoms with van der Waals surface area (Å²) in [5.74, 6) is 1.07. The second-order valence-electron chi connectivity index (χ2n) is 5.88. The SMILES string of the molecule is N#Cc1cnn(C2CCN(Cc3nncn3C3CC3)C2)c1. The van der Waals surface area contributed by atoms with E-state index in [9.17, 15) is 0 Å². The van der Waals surface area contributed by atoms with E-state index >= 15 is 0 Å². The minimum Gasteiger partial charge on any atom is -0.313 e. The molecule has 1 atom stereocenters. The van der Waals surface area contributed by atoms with Gasteiger partial charge in [0, 0.05) is 25.3 Å². The van der Waals surface area contributed by atoms with Crippen LogP contribution in [0.3, 0.4) is 0 Å². The van der Waals surface area contributed by atoms with Gasteiger partial charge in [0.1, 0.15) is 18.2 Å². The van der Waals surface area contributed by atoms with Crippen molar-refractivity contribution in [2.24, 2.45) is 0 Å². The highest BCUT2D eigenvalue weighted by atomic mass is 15.3. The van der Waals surface area contributed by atoms with Crippen molar-refractivity contribution in [2.45, 2.75) is 37.9 Å². The molecule has 21 heavy (non-hydrogen) atoms. The Morgan fingerprint density at radius 3 is 2.95 bits per heavy atom.